The molecule has 2 aliphatic rings. The van der Waals surface area contributed by atoms with Crippen molar-refractivity contribution in [2.75, 3.05) is 12.4 Å². The van der Waals surface area contributed by atoms with Crippen LogP contribution >= 0.6 is 11.8 Å². The topological polar surface area (TPSA) is 33.7 Å². The average Bonchev–Trinajstić information content (AvgIpc) is 3.00. The monoisotopic (exact) mass is 338 g/mol. The zero-order valence-corrected chi connectivity index (χ0v) is 15.7. The number of nitrogens with one attached hydrogen (secondary N) is 1. The lowest BCUT2D eigenvalue weighted by atomic mass is 10.2. The van der Waals surface area contributed by atoms with Crippen LogP contribution in [0.1, 0.15) is 40.5 Å². The van der Waals surface area contributed by atoms with E-state index in [1.54, 1.807) is 11.8 Å². The van der Waals surface area contributed by atoms with E-state index in [0.29, 0.717) is 6.61 Å². The third-order valence-electron chi connectivity index (χ3n) is 3.41. The first-order valence-electron chi connectivity index (χ1n) is 8.21. The lowest BCUT2D eigenvalue weighted by molar-refractivity contribution is -0.0318. The van der Waals surface area contributed by atoms with Crippen LogP contribution in [0.15, 0.2) is 48.8 Å². The van der Waals surface area contributed by atoms with E-state index < -0.39 is 0 Å². The van der Waals surface area contributed by atoms with Gasteiger partial charge in [-0.2, -0.15) is 0 Å². The summed E-state index contributed by atoms with van der Waals surface area (Å²) in [4.78, 5) is 2.03. The molecule has 2 rings (SSSR count). The molecule has 0 aromatic carbocycles. The fourth-order valence-corrected chi connectivity index (χ4v) is 3.16. The minimum Gasteiger partial charge on any atom is -0.495 e. The third-order valence-corrected chi connectivity index (χ3v) is 4.51. The minimum absolute atomic E-state index is 0.0221. The summed E-state index contributed by atoms with van der Waals surface area (Å²) in [6, 6.07) is 0. The van der Waals surface area contributed by atoms with E-state index in [1.807, 2.05) is 31.9 Å². The Morgan fingerprint density at radius 2 is 2.17 bits per heavy atom. The fraction of sp³-hybridized carbons (Fsp3) is 0.556. The van der Waals surface area contributed by atoms with Gasteiger partial charge >= 0.3 is 0 Å². The van der Waals surface area contributed by atoms with Gasteiger partial charge < -0.3 is 19.7 Å². The third kappa shape index (κ3) is 5.66. The zero-order valence-electron chi connectivity index (χ0n) is 14.9. The Morgan fingerprint density at radius 3 is 2.83 bits per heavy atom. The maximum atomic E-state index is 6.03. The Morgan fingerprint density at radius 1 is 1.48 bits per heavy atom. The van der Waals surface area contributed by atoms with Gasteiger partial charge in [-0.05, 0) is 18.9 Å². The number of hydrogen-bond acceptors (Lipinski definition) is 5. The van der Waals surface area contributed by atoms with Crippen LogP contribution in [0.5, 0.6) is 0 Å². The van der Waals surface area contributed by atoms with Crippen molar-refractivity contribution in [2.24, 2.45) is 0 Å². The molecule has 130 valence electrons. The quantitative estimate of drug-likeness (QED) is 0.719. The standard InChI is InChI=1S/C16H24N2O2S.C2H6/c1-6-7-12(3)19-9-16-20-15(10-21-16)18-8-11(2)13(4)17-14(18)5;1-2/h8,15-17H,3-7,9-10H2,1-2H3;1-2H3. The molecular weight excluding hydrogens is 308 g/mol. The van der Waals surface area contributed by atoms with Crippen LogP contribution in [-0.4, -0.2) is 28.9 Å². The van der Waals surface area contributed by atoms with Gasteiger partial charge in [-0.25, -0.2) is 0 Å². The van der Waals surface area contributed by atoms with E-state index in [0.717, 1.165) is 41.4 Å². The maximum Gasteiger partial charge on any atom is 0.145 e. The Kier molecular flexibility index (Phi) is 8.34. The summed E-state index contributed by atoms with van der Waals surface area (Å²) >= 11 is 1.76. The summed E-state index contributed by atoms with van der Waals surface area (Å²) < 4.78 is 11.7. The second-order valence-electron chi connectivity index (χ2n) is 5.22. The number of ether oxygens (including phenoxy) is 2. The molecule has 2 heterocycles. The fourth-order valence-electron chi connectivity index (χ4n) is 2.17. The van der Waals surface area contributed by atoms with Gasteiger partial charge in [0.1, 0.15) is 24.1 Å². The number of hydrogen-bond donors (Lipinski definition) is 1. The van der Waals surface area contributed by atoms with Crippen LogP contribution in [-0.2, 0) is 9.47 Å². The molecule has 4 nitrogen and oxygen atoms in total. The SMILES string of the molecule is C=C(CCC)OCC1OC(N2C=C(C)C(=C)NC2=C)CS1.CC. The first-order chi connectivity index (χ1) is 11.0. The molecule has 5 heteroatoms. The Labute approximate surface area is 145 Å². The molecule has 1 fully saturated rings. The highest BCUT2D eigenvalue weighted by atomic mass is 32.2. The van der Waals surface area contributed by atoms with Crippen molar-refractivity contribution in [1.82, 2.24) is 10.2 Å². The molecule has 0 spiro atoms. The molecule has 2 unspecified atom stereocenters. The van der Waals surface area contributed by atoms with E-state index in [9.17, 15) is 0 Å². The normalized spacial score (nSPS) is 23.7. The van der Waals surface area contributed by atoms with E-state index >= 15 is 0 Å². The summed E-state index contributed by atoms with van der Waals surface area (Å²) in [6.07, 6.45) is 3.96. The van der Waals surface area contributed by atoms with Gasteiger partial charge in [0.05, 0.1) is 5.76 Å². The van der Waals surface area contributed by atoms with E-state index in [2.05, 4.69) is 32.0 Å². The van der Waals surface area contributed by atoms with Gasteiger partial charge in [0.25, 0.3) is 0 Å². The van der Waals surface area contributed by atoms with Crippen LogP contribution in [0, 0.1) is 0 Å². The van der Waals surface area contributed by atoms with Gasteiger partial charge in [-0.3, -0.25) is 0 Å². The molecule has 0 aromatic rings. The predicted octanol–water partition coefficient (Wildman–Crippen LogP) is 4.55. The first-order valence-corrected chi connectivity index (χ1v) is 9.25. The number of thioether (sulfide) groups is 1. The van der Waals surface area contributed by atoms with Crippen molar-refractivity contribution < 1.29 is 9.47 Å². The highest BCUT2D eigenvalue weighted by molar-refractivity contribution is 8.00. The highest BCUT2D eigenvalue weighted by Gasteiger charge is 2.32. The number of rotatable bonds is 6. The van der Waals surface area contributed by atoms with Gasteiger partial charge in [-0.15, -0.1) is 11.8 Å². The van der Waals surface area contributed by atoms with Crippen LogP contribution in [0.25, 0.3) is 0 Å². The van der Waals surface area contributed by atoms with E-state index in [4.69, 9.17) is 9.47 Å². The number of allylic oxidation sites excluding steroid dienone is 2. The summed E-state index contributed by atoms with van der Waals surface area (Å²) in [5.41, 5.74) is 2.01. The van der Waals surface area contributed by atoms with E-state index in [1.165, 1.54) is 0 Å². The highest BCUT2D eigenvalue weighted by Crippen LogP contribution is 2.31. The molecule has 0 aliphatic carbocycles. The molecule has 1 N–H and O–H groups in total. The van der Waals surface area contributed by atoms with Crippen LogP contribution in [0.2, 0.25) is 0 Å². The van der Waals surface area contributed by atoms with Gasteiger partial charge in [-0.1, -0.05) is 40.5 Å². The molecule has 0 bridgehead atoms. The van der Waals surface area contributed by atoms with Crippen LogP contribution < -0.4 is 5.32 Å². The van der Waals surface area contributed by atoms with Crippen molar-refractivity contribution in [3.05, 3.63) is 48.8 Å². The summed E-state index contributed by atoms with van der Waals surface area (Å²) in [5.74, 6) is 2.51. The summed E-state index contributed by atoms with van der Waals surface area (Å²) in [5, 5.41) is 3.17. The van der Waals surface area contributed by atoms with Crippen molar-refractivity contribution in [2.45, 2.75) is 52.2 Å². The molecule has 2 atom stereocenters. The average molecular weight is 339 g/mol. The minimum atomic E-state index is -0.0221. The summed E-state index contributed by atoms with van der Waals surface area (Å²) in [6.45, 7) is 20.6. The van der Waals surface area contributed by atoms with Crippen molar-refractivity contribution >= 4 is 11.8 Å². The second-order valence-corrected chi connectivity index (χ2v) is 6.42. The lowest BCUT2D eigenvalue weighted by Gasteiger charge is -2.34. The smallest absolute Gasteiger partial charge is 0.145 e. The molecular formula is C18H30N2O2S. The Bertz CT molecular complexity index is 474. The summed E-state index contributed by atoms with van der Waals surface area (Å²) in [7, 11) is 0. The molecule has 0 aromatic heterocycles. The Balaban J connectivity index is 0.00000127. The lowest BCUT2D eigenvalue weighted by Crippen LogP contribution is -2.40. The first kappa shape index (κ1) is 19.7. The predicted molar refractivity (Wildman–Crippen MR) is 99.5 cm³/mol. The molecule has 0 radical (unpaired) electrons. The maximum absolute atomic E-state index is 6.03. The zero-order chi connectivity index (χ0) is 17.4. The molecule has 1 saturated heterocycles. The van der Waals surface area contributed by atoms with Crippen molar-refractivity contribution in [3.8, 4) is 0 Å². The second kappa shape index (κ2) is 9.73. The number of nitrogens with zero attached hydrogens (tertiary/aromatic N) is 1. The van der Waals surface area contributed by atoms with Crippen molar-refractivity contribution in [1.29, 1.82) is 0 Å². The Hall–Kier alpha value is -1.33. The van der Waals surface area contributed by atoms with Crippen LogP contribution in [0.3, 0.4) is 0 Å². The molecule has 2 aliphatic heterocycles. The molecule has 0 saturated carbocycles. The molecule has 23 heavy (non-hydrogen) atoms. The van der Waals surface area contributed by atoms with Crippen molar-refractivity contribution in [3.63, 3.8) is 0 Å². The van der Waals surface area contributed by atoms with Gasteiger partial charge in [0, 0.05) is 24.1 Å². The van der Waals surface area contributed by atoms with E-state index in [-0.39, 0.29) is 11.7 Å². The van der Waals surface area contributed by atoms with Gasteiger partial charge in [0.15, 0.2) is 0 Å². The molecule has 0 amide bonds. The largest absolute Gasteiger partial charge is 0.495 e. The van der Waals surface area contributed by atoms with Crippen LogP contribution in [0.4, 0.5) is 0 Å². The van der Waals surface area contributed by atoms with Gasteiger partial charge in [0.2, 0.25) is 0 Å².